The van der Waals surface area contributed by atoms with Crippen molar-refractivity contribution in [3.63, 3.8) is 0 Å². The molecule has 1 rings (SSSR count). The van der Waals surface area contributed by atoms with E-state index in [1.165, 1.54) is 29.8 Å². The zero-order valence-electron chi connectivity index (χ0n) is 11.0. The van der Waals surface area contributed by atoms with Crippen molar-refractivity contribution >= 4 is 0 Å². The molecule has 0 bridgehead atoms. The molecular formula is C13H24N2. The van der Waals surface area contributed by atoms with Crippen LogP contribution >= 0.6 is 0 Å². The Morgan fingerprint density at radius 2 is 1.73 bits per heavy atom. The summed E-state index contributed by atoms with van der Waals surface area (Å²) in [6.07, 6.45) is 2.42. The van der Waals surface area contributed by atoms with E-state index in [2.05, 4.69) is 51.3 Å². The monoisotopic (exact) mass is 208 g/mol. The summed E-state index contributed by atoms with van der Waals surface area (Å²) in [6.45, 7) is 13.2. The molecule has 0 saturated carbocycles. The Bertz CT molecular complexity index is 322. The van der Waals surface area contributed by atoms with E-state index in [0.717, 1.165) is 5.92 Å². The molecule has 0 N–H and O–H groups in total. The molecule has 0 fully saturated rings. The third kappa shape index (κ3) is 2.83. The van der Waals surface area contributed by atoms with Gasteiger partial charge in [0.25, 0.3) is 0 Å². The lowest BCUT2D eigenvalue weighted by Crippen LogP contribution is -2.05. The van der Waals surface area contributed by atoms with Crippen LogP contribution in [0.5, 0.6) is 0 Å². The lowest BCUT2D eigenvalue weighted by molar-refractivity contribution is 0.514. The van der Waals surface area contributed by atoms with Crippen molar-refractivity contribution in [1.82, 2.24) is 9.78 Å². The number of rotatable bonds is 4. The number of aryl methyl sites for hydroxylation is 1. The van der Waals surface area contributed by atoms with E-state index in [4.69, 9.17) is 0 Å². The maximum atomic E-state index is 4.60. The first kappa shape index (κ1) is 12.3. The molecule has 0 aliphatic carbocycles. The zero-order valence-corrected chi connectivity index (χ0v) is 11.0. The Balaban J connectivity index is 2.88. The molecule has 2 heteroatoms. The third-order valence-electron chi connectivity index (χ3n) is 2.94. The second kappa shape index (κ2) is 4.82. The van der Waals surface area contributed by atoms with Gasteiger partial charge in [-0.05, 0) is 52.0 Å². The maximum absolute atomic E-state index is 4.60. The van der Waals surface area contributed by atoms with E-state index in [1.54, 1.807) is 0 Å². The predicted octanol–water partition coefficient (Wildman–Crippen LogP) is 3.67. The van der Waals surface area contributed by atoms with Gasteiger partial charge in [0.15, 0.2) is 0 Å². The third-order valence-corrected chi connectivity index (χ3v) is 2.94. The van der Waals surface area contributed by atoms with E-state index in [9.17, 15) is 0 Å². The Labute approximate surface area is 93.7 Å². The summed E-state index contributed by atoms with van der Waals surface area (Å²) in [4.78, 5) is 0. The largest absolute Gasteiger partial charge is 0.267 e. The van der Waals surface area contributed by atoms with Gasteiger partial charge in [-0.25, -0.2) is 0 Å². The fourth-order valence-electron chi connectivity index (χ4n) is 1.99. The van der Waals surface area contributed by atoms with E-state index in [0.29, 0.717) is 6.04 Å². The molecule has 0 unspecified atom stereocenters. The molecule has 0 saturated heterocycles. The van der Waals surface area contributed by atoms with Gasteiger partial charge in [0.05, 0.1) is 5.69 Å². The number of hydrogen-bond acceptors (Lipinski definition) is 1. The Kier molecular flexibility index (Phi) is 3.95. The lowest BCUT2D eigenvalue weighted by Gasteiger charge is -2.09. The molecule has 86 valence electrons. The van der Waals surface area contributed by atoms with Crippen molar-refractivity contribution in [2.75, 3.05) is 0 Å². The average Bonchev–Trinajstić information content (AvgIpc) is 2.39. The van der Waals surface area contributed by atoms with Crippen LogP contribution in [0.2, 0.25) is 0 Å². The molecule has 2 nitrogen and oxygen atoms in total. The van der Waals surface area contributed by atoms with Crippen molar-refractivity contribution in [1.29, 1.82) is 0 Å². The topological polar surface area (TPSA) is 17.8 Å². The summed E-state index contributed by atoms with van der Waals surface area (Å²) >= 11 is 0. The van der Waals surface area contributed by atoms with E-state index < -0.39 is 0 Å². The average molecular weight is 208 g/mol. The Hall–Kier alpha value is -0.790. The van der Waals surface area contributed by atoms with Gasteiger partial charge in [0.1, 0.15) is 0 Å². The first-order valence-electron chi connectivity index (χ1n) is 5.98. The molecule has 0 aliphatic rings. The van der Waals surface area contributed by atoms with Crippen molar-refractivity contribution in [2.45, 2.75) is 60.4 Å². The van der Waals surface area contributed by atoms with E-state index >= 15 is 0 Å². The molecule has 1 aromatic rings. The number of nitrogens with zero attached hydrogens (tertiary/aromatic N) is 2. The normalized spacial score (nSPS) is 11.7. The molecule has 0 radical (unpaired) electrons. The summed E-state index contributed by atoms with van der Waals surface area (Å²) in [5.74, 6) is 0.770. The summed E-state index contributed by atoms with van der Waals surface area (Å²) in [5, 5.41) is 4.60. The predicted molar refractivity (Wildman–Crippen MR) is 65.2 cm³/mol. The van der Waals surface area contributed by atoms with Gasteiger partial charge in [-0.2, -0.15) is 5.10 Å². The summed E-state index contributed by atoms with van der Waals surface area (Å²) in [7, 11) is 0. The molecule has 0 aliphatic heterocycles. The smallest absolute Gasteiger partial charge is 0.0628 e. The van der Waals surface area contributed by atoms with Gasteiger partial charge in [0.2, 0.25) is 0 Å². The fraction of sp³-hybridized carbons (Fsp3) is 0.769. The quantitative estimate of drug-likeness (QED) is 0.738. The van der Waals surface area contributed by atoms with Crippen molar-refractivity contribution in [3.8, 4) is 0 Å². The molecular weight excluding hydrogens is 184 g/mol. The lowest BCUT2D eigenvalue weighted by atomic mass is 10.0. The number of aromatic nitrogens is 2. The Morgan fingerprint density at radius 3 is 2.13 bits per heavy atom. The summed E-state index contributed by atoms with van der Waals surface area (Å²) in [6, 6.07) is 0.469. The molecule has 0 spiro atoms. The van der Waals surface area contributed by atoms with Gasteiger partial charge < -0.3 is 0 Å². The minimum absolute atomic E-state index is 0.469. The van der Waals surface area contributed by atoms with Crippen LogP contribution in [0.4, 0.5) is 0 Å². The number of hydrogen-bond donors (Lipinski definition) is 0. The van der Waals surface area contributed by atoms with Crippen LogP contribution in [-0.4, -0.2) is 9.78 Å². The van der Waals surface area contributed by atoms with Crippen LogP contribution in [0.1, 0.15) is 57.1 Å². The van der Waals surface area contributed by atoms with E-state index in [-0.39, 0.29) is 0 Å². The fourth-order valence-corrected chi connectivity index (χ4v) is 1.99. The minimum atomic E-state index is 0.469. The van der Waals surface area contributed by atoms with Gasteiger partial charge in [-0.1, -0.05) is 13.8 Å². The van der Waals surface area contributed by atoms with Crippen LogP contribution in [0, 0.1) is 19.8 Å². The van der Waals surface area contributed by atoms with Gasteiger partial charge in [0, 0.05) is 11.7 Å². The highest BCUT2D eigenvalue weighted by Gasteiger charge is 2.13. The highest BCUT2D eigenvalue weighted by Crippen LogP contribution is 2.20. The molecule has 0 atom stereocenters. The van der Waals surface area contributed by atoms with Crippen molar-refractivity contribution < 1.29 is 0 Å². The summed E-state index contributed by atoms with van der Waals surface area (Å²) in [5.41, 5.74) is 4.02. The SMILES string of the molecule is Cc1nn(C(C)C)c(C)c1CCC(C)C. The second-order valence-electron chi connectivity index (χ2n) is 5.12. The molecule has 1 aromatic heterocycles. The Morgan fingerprint density at radius 1 is 1.13 bits per heavy atom. The zero-order chi connectivity index (χ0) is 11.6. The highest BCUT2D eigenvalue weighted by atomic mass is 15.3. The van der Waals surface area contributed by atoms with Gasteiger partial charge in [-0.15, -0.1) is 0 Å². The van der Waals surface area contributed by atoms with Gasteiger partial charge >= 0.3 is 0 Å². The summed E-state index contributed by atoms with van der Waals surface area (Å²) < 4.78 is 2.14. The molecule has 1 heterocycles. The standard InChI is InChI=1S/C13H24N2/c1-9(2)7-8-13-11(5)14-15(10(3)4)12(13)6/h9-10H,7-8H2,1-6H3. The van der Waals surface area contributed by atoms with Crippen LogP contribution in [0.15, 0.2) is 0 Å². The second-order valence-corrected chi connectivity index (χ2v) is 5.12. The van der Waals surface area contributed by atoms with Crippen LogP contribution in [0.25, 0.3) is 0 Å². The van der Waals surface area contributed by atoms with Gasteiger partial charge in [-0.3, -0.25) is 4.68 Å². The highest BCUT2D eigenvalue weighted by molar-refractivity contribution is 5.25. The molecule has 0 amide bonds. The molecule has 0 aromatic carbocycles. The molecule has 15 heavy (non-hydrogen) atoms. The van der Waals surface area contributed by atoms with Crippen LogP contribution in [0.3, 0.4) is 0 Å². The van der Waals surface area contributed by atoms with Crippen molar-refractivity contribution in [3.05, 3.63) is 17.0 Å². The van der Waals surface area contributed by atoms with Crippen LogP contribution in [-0.2, 0) is 6.42 Å². The first-order chi connectivity index (χ1) is 6.93. The maximum Gasteiger partial charge on any atom is 0.0628 e. The first-order valence-corrected chi connectivity index (χ1v) is 5.98. The van der Waals surface area contributed by atoms with E-state index in [1.807, 2.05) is 0 Å². The van der Waals surface area contributed by atoms with Crippen LogP contribution < -0.4 is 0 Å². The van der Waals surface area contributed by atoms with Crippen molar-refractivity contribution in [2.24, 2.45) is 5.92 Å². The minimum Gasteiger partial charge on any atom is -0.267 e.